The number of methoxy groups -OCH3 is 1. The monoisotopic (exact) mass is 1230 g/mol. The average molecular weight is 1230 g/mol. The number of esters is 3. The van der Waals surface area contributed by atoms with Gasteiger partial charge in [-0.2, -0.15) is 0 Å². The van der Waals surface area contributed by atoms with Gasteiger partial charge in [0, 0.05) is 55.2 Å². The van der Waals surface area contributed by atoms with Crippen LogP contribution in [0.25, 0.3) is 0 Å². The number of ketones is 1. The number of cyclic esters (lactones) is 1. The van der Waals surface area contributed by atoms with Crippen molar-refractivity contribution < 1.29 is 96.5 Å². The van der Waals surface area contributed by atoms with Crippen LogP contribution in [0.3, 0.4) is 0 Å². The van der Waals surface area contributed by atoms with E-state index in [9.17, 15) is 49.8 Å². The van der Waals surface area contributed by atoms with Gasteiger partial charge < -0.3 is 78.3 Å². The molecule has 86 heavy (non-hydrogen) atoms. The summed E-state index contributed by atoms with van der Waals surface area (Å²) in [7, 11) is 6.95. The first-order valence-electron chi connectivity index (χ1n) is 31.4. The largest absolute Gasteiger partial charge is 0.464 e. The smallest absolute Gasteiger partial charge is 0.338 e. The molecule has 0 spiro atoms. The summed E-state index contributed by atoms with van der Waals surface area (Å²) in [5.74, 6) is -7.76. The van der Waals surface area contributed by atoms with Crippen LogP contribution in [0.1, 0.15) is 154 Å². The summed E-state index contributed by atoms with van der Waals surface area (Å²) in [6.07, 6.45) is -10.0. The van der Waals surface area contributed by atoms with Gasteiger partial charge in [0.2, 0.25) is 0 Å². The summed E-state index contributed by atoms with van der Waals surface area (Å²) in [6.45, 7) is 22.1. The van der Waals surface area contributed by atoms with Gasteiger partial charge in [0.15, 0.2) is 35.7 Å². The first kappa shape index (κ1) is 70.4. The molecule has 6 fully saturated rings. The number of halogens is 2. The second-order valence-corrected chi connectivity index (χ2v) is 28.5. The number of ether oxygens (including phenoxy) is 8. The molecule has 7 aliphatic rings. The van der Waals surface area contributed by atoms with Crippen molar-refractivity contribution in [1.82, 2.24) is 9.80 Å². The molecule has 4 aliphatic carbocycles. The fraction of sp³-hybridized carbons (Fsp3) is 0.875. The van der Waals surface area contributed by atoms with Crippen LogP contribution >= 0.6 is 0 Å². The Hall–Kier alpha value is -3.10. The number of aliphatic hydroxyl groups is 6. The van der Waals surface area contributed by atoms with Gasteiger partial charge in [-0.1, -0.05) is 40.7 Å². The van der Waals surface area contributed by atoms with Crippen LogP contribution in [0, 0.1) is 46.3 Å². The van der Waals surface area contributed by atoms with Gasteiger partial charge in [0.05, 0.1) is 60.3 Å². The molecule has 22 heteroatoms. The molecule has 3 aliphatic heterocycles. The molecular formula is C64H104F2N2O18. The Morgan fingerprint density at radius 2 is 1.52 bits per heavy atom. The lowest BCUT2D eigenvalue weighted by atomic mass is 9.44. The van der Waals surface area contributed by atoms with Crippen molar-refractivity contribution in [1.29, 1.82) is 0 Å². The highest BCUT2D eigenvalue weighted by Crippen LogP contribution is 2.71. The molecule has 3 saturated heterocycles. The molecule has 0 bridgehead atoms. The van der Waals surface area contributed by atoms with E-state index in [-0.39, 0.29) is 75.9 Å². The number of fused-ring (bicyclic) bond motifs is 5. The van der Waals surface area contributed by atoms with E-state index in [0.717, 1.165) is 6.08 Å². The number of likely N-dealkylation sites (N-methyl/N-ethyl adjacent to an activating group) is 2. The van der Waals surface area contributed by atoms with Crippen molar-refractivity contribution in [3.63, 3.8) is 0 Å². The predicted molar refractivity (Wildman–Crippen MR) is 311 cm³/mol. The third-order valence-corrected chi connectivity index (χ3v) is 22.0. The van der Waals surface area contributed by atoms with Crippen LogP contribution in [0.2, 0.25) is 0 Å². The highest BCUT2D eigenvalue weighted by molar-refractivity contribution is 6.01. The van der Waals surface area contributed by atoms with Gasteiger partial charge in [0.25, 0.3) is 0 Å². The highest BCUT2D eigenvalue weighted by Gasteiger charge is 2.77. The molecule has 3 saturated carbocycles. The molecule has 0 aromatic carbocycles. The molecule has 6 N–H and O–H groups in total. The minimum absolute atomic E-state index is 0.0230. The van der Waals surface area contributed by atoms with Crippen LogP contribution in [-0.4, -0.2) is 219 Å². The van der Waals surface area contributed by atoms with Crippen molar-refractivity contribution in [3.8, 4) is 0 Å². The first-order valence-corrected chi connectivity index (χ1v) is 31.4. The summed E-state index contributed by atoms with van der Waals surface area (Å²) in [4.78, 5) is 59.1. The van der Waals surface area contributed by atoms with Gasteiger partial charge in [-0.05, 0) is 163 Å². The van der Waals surface area contributed by atoms with Gasteiger partial charge >= 0.3 is 17.9 Å². The number of carbonyl (C=O) groups is 4. The topological polar surface area (TPSA) is 270 Å². The zero-order chi connectivity index (χ0) is 64.4. The van der Waals surface area contributed by atoms with Crippen molar-refractivity contribution in [2.24, 2.45) is 46.3 Å². The SMILES string of the molecule is CC[C@H]1OC(=O)[C@H](C)[C@@H](O[C@@H]2C[C@](C)(OC)[C@H](O)C(C)O2)[C@H](C)[C@@H](O[C@@H]2O[C@H](C)C[C@@H](N(C)C)C2OC(=O)CCCCOC(=O)[C@@]2(O)[C@H](C)CC3C4C[C@H](F)C5=CC(=O)C=C[C@]5(C)[C@@]4(F)[C@@H](O)C[C@@]32C)[C@](C)(O)C[C@@H](C)CN(C)[C@H](C)[C@@H](O)[C@]1(C)O. The van der Waals surface area contributed by atoms with Crippen LogP contribution in [0.5, 0.6) is 0 Å². The van der Waals surface area contributed by atoms with E-state index < -0.39 is 178 Å². The van der Waals surface area contributed by atoms with E-state index in [2.05, 4.69) is 0 Å². The Balaban J connectivity index is 1.10. The second kappa shape index (κ2) is 26.2. The molecule has 0 aromatic rings. The van der Waals surface area contributed by atoms with Crippen LogP contribution < -0.4 is 0 Å². The molecule has 3 heterocycles. The first-order chi connectivity index (χ1) is 39.8. The standard InChI is InChI=1S/C64H104F2N2O18/c1-18-47-62(13,77)52(72)38(7)68(16)32-33(2)29-60(11,76)54(36(5)50(37(6)55(74)83-47)85-49-31-61(12,79-17)53(73)39(8)82-49)86-56-51(45(67(14)15)26-35(4)81-56)84-48(71)21-19-20-24-80-57(75)64(78)34(3)25-41-42-28-44(65)43-27-40(69)22-23-58(43,9)63(42,66)46(70)30-59(41,64)10/h22-23,27,33-39,41-42,44-47,49-54,56,70,72-73,76-78H,18-21,24-26,28-32H2,1-17H3/t33-,34-,35-,36+,37-,38-,39?,41?,42?,44+,45-,46+,47-,49-,50+,51?,52-,53-,54-,56+,58+,59+,60-,61+,62-,63+,64+/m1/s1. The van der Waals surface area contributed by atoms with E-state index in [0.29, 0.717) is 13.0 Å². The Kier molecular flexibility index (Phi) is 21.5. The number of hydrogen-bond acceptors (Lipinski definition) is 20. The van der Waals surface area contributed by atoms with Crippen LogP contribution in [0.15, 0.2) is 23.8 Å². The fourth-order valence-electron chi connectivity index (χ4n) is 16.7. The van der Waals surface area contributed by atoms with E-state index in [1.807, 2.05) is 37.7 Å². The zero-order valence-corrected chi connectivity index (χ0v) is 54.0. The average Bonchev–Trinajstić information content (AvgIpc) is 1.30. The minimum Gasteiger partial charge on any atom is -0.464 e. The Morgan fingerprint density at radius 3 is 2.15 bits per heavy atom. The summed E-state index contributed by atoms with van der Waals surface area (Å²) < 4.78 is 84.7. The van der Waals surface area contributed by atoms with E-state index in [1.165, 1.54) is 33.1 Å². The van der Waals surface area contributed by atoms with Crippen molar-refractivity contribution in [3.05, 3.63) is 23.8 Å². The van der Waals surface area contributed by atoms with Gasteiger partial charge in [0.1, 0.15) is 30.1 Å². The van der Waals surface area contributed by atoms with Gasteiger partial charge in [-0.25, -0.2) is 13.6 Å². The van der Waals surface area contributed by atoms with Crippen LogP contribution in [0.4, 0.5) is 8.78 Å². The zero-order valence-electron chi connectivity index (χ0n) is 54.0. The Labute approximate surface area is 507 Å². The van der Waals surface area contributed by atoms with Crippen molar-refractivity contribution in [2.75, 3.05) is 41.4 Å². The molecule has 27 atom stereocenters. The van der Waals surface area contributed by atoms with Gasteiger partial charge in [-0.15, -0.1) is 0 Å². The Bertz CT molecular complexity index is 2480. The summed E-state index contributed by atoms with van der Waals surface area (Å²) >= 11 is 0. The second-order valence-electron chi connectivity index (χ2n) is 28.5. The molecule has 492 valence electrons. The van der Waals surface area contributed by atoms with E-state index in [1.54, 1.807) is 69.4 Å². The maximum atomic E-state index is 17.8. The number of rotatable bonds is 14. The van der Waals surface area contributed by atoms with Crippen LogP contribution in [-0.2, 0) is 57.1 Å². The third-order valence-electron chi connectivity index (χ3n) is 22.0. The normalized spacial score (nSPS) is 48.9. The number of carbonyl (C=O) groups excluding carboxylic acids is 4. The maximum absolute atomic E-state index is 17.8. The molecule has 0 aromatic heterocycles. The number of allylic oxidation sites excluding steroid dienone is 4. The van der Waals surface area contributed by atoms with E-state index >= 15 is 8.78 Å². The molecule has 0 radical (unpaired) electrons. The molecule has 20 nitrogen and oxygen atoms in total. The molecule has 4 unspecified atom stereocenters. The summed E-state index contributed by atoms with van der Waals surface area (Å²) in [6, 6.07) is -1.11. The number of alkyl halides is 2. The molecule has 0 amide bonds. The highest BCUT2D eigenvalue weighted by atomic mass is 19.1. The molecule has 7 rings (SSSR count). The van der Waals surface area contributed by atoms with Crippen molar-refractivity contribution in [2.45, 2.75) is 268 Å². The maximum Gasteiger partial charge on any atom is 0.338 e. The quantitative estimate of drug-likeness (QED) is 0.0716. The lowest BCUT2D eigenvalue weighted by Crippen LogP contribution is -2.70. The fourth-order valence-corrected chi connectivity index (χ4v) is 16.7. The van der Waals surface area contributed by atoms with Gasteiger partial charge in [-0.3, -0.25) is 14.4 Å². The lowest BCUT2D eigenvalue weighted by Gasteiger charge is -2.62. The van der Waals surface area contributed by atoms with Crippen molar-refractivity contribution >= 4 is 23.7 Å². The minimum atomic E-state index is -2.39. The third kappa shape index (κ3) is 12.8. The number of hydrogen-bond donors (Lipinski definition) is 6. The predicted octanol–water partition coefficient (Wildman–Crippen LogP) is 5.46. The summed E-state index contributed by atoms with van der Waals surface area (Å²) in [5, 5.41) is 72.2. The molecular weight excluding hydrogens is 1120 g/mol. The van der Waals surface area contributed by atoms with E-state index in [4.69, 9.17) is 37.9 Å². The number of unbranched alkanes of at least 4 members (excludes halogenated alkanes) is 1. The number of nitrogens with zero attached hydrogens (tertiary/aromatic N) is 2. The Morgan fingerprint density at radius 1 is 0.860 bits per heavy atom. The summed E-state index contributed by atoms with van der Waals surface area (Å²) in [5.41, 5.74) is -12.4. The number of aliphatic hydroxyl groups excluding tert-OH is 3. The lowest BCUT2D eigenvalue weighted by molar-refractivity contribution is -0.319.